The zero-order valence-electron chi connectivity index (χ0n) is 9.63. The number of amides is 1. The van der Waals surface area contributed by atoms with Crippen LogP contribution in [-0.2, 0) is 14.3 Å². The van der Waals surface area contributed by atoms with Crippen molar-refractivity contribution in [3.05, 3.63) is 0 Å². The lowest BCUT2D eigenvalue weighted by molar-refractivity contribution is -0.154. The summed E-state index contributed by atoms with van der Waals surface area (Å²) in [5, 5.41) is 8.81. The standard InChI is InChI=1S/C11H17NO4S/c13-10(12-4-1-6-17-7-5-12)8-2-3-9(16-8)11(14)15/h8-9H,1-7H2,(H,14,15)/t8-,9+/m0/s1. The lowest BCUT2D eigenvalue weighted by Crippen LogP contribution is -2.40. The highest BCUT2D eigenvalue weighted by molar-refractivity contribution is 7.99. The summed E-state index contributed by atoms with van der Waals surface area (Å²) in [5.74, 6) is 1.05. The number of carbonyl (C=O) groups excluding carboxylic acids is 1. The lowest BCUT2D eigenvalue weighted by Gasteiger charge is -2.23. The molecule has 2 saturated heterocycles. The molecule has 1 amide bonds. The predicted molar refractivity (Wildman–Crippen MR) is 64.1 cm³/mol. The monoisotopic (exact) mass is 259 g/mol. The second-order valence-corrected chi connectivity index (χ2v) is 5.54. The van der Waals surface area contributed by atoms with E-state index >= 15 is 0 Å². The van der Waals surface area contributed by atoms with Crippen LogP contribution in [0.4, 0.5) is 0 Å². The smallest absolute Gasteiger partial charge is 0.332 e. The van der Waals surface area contributed by atoms with Crippen molar-refractivity contribution in [1.29, 1.82) is 0 Å². The maximum atomic E-state index is 12.1. The lowest BCUT2D eigenvalue weighted by atomic mass is 10.2. The van der Waals surface area contributed by atoms with Crippen LogP contribution >= 0.6 is 11.8 Å². The Morgan fingerprint density at radius 1 is 1.18 bits per heavy atom. The highest BCUT2D eigenvalue weighted by atomic mass is 32.2. The van der Waals surface area contributed by atoms with Gasteiger partial charge >= 0.3 is 5.97 Å². The fraction of sp³-hybridized carbons (Fsp3) is 0.818. The molecule has 0 aromatic rings. The number of nitrogens with zero attached hydrogens (tertiary/aromatic N) is 1. The first-order valence-electron chi connectivity index (χ1n) is 5.93. The van der Waals surface area contributed by atoms with Crippen LogP contribution in [0.3, 0.4) is 0 Å². The van der Waals surface area contributed by atoms with E-state index in [1.54, 1.807) is 0 Å². The summed E-state index contributed by atoms with van der Waals surface area (Å²) in [6, 6.07) is 0. The maximum Gasteiger partial charge on any atom is 0.332 e. The van der Waals surface area contributed by atoms with E-state index in [0.29, 0.717) is 12.8 Å². The molecule has 2 fully saturated rings. The number of hydrogen-bond acceptors (Lipinski definition) is 4. The van der Waals surface area contributed by atoms with Crippen LogP contribution in [0.5, 0.6) is 0 Å². The van der Waals surface area contributed by atoms with Gasteiger partial charge in [-0.1, -0.05) is 0 Å². The van der Waals surface area contributed by atoms with Crippen LogP contribution in [0.1, 0.15) is 19.3 Å². The van der Waals surface area contributed by atoms with Crippen LogP contribution < -0.4 is 0 Å². The van der Waals surface area contributed by atoms with Crippen LogP contribution in [0, 0.1) is 0 Å². The van der Waals surface area contributed by atoms with Crippen molar-refractivity contribution >= 4 is 23.6 Å². The van der Waals surface area contributed by atoms with Crippen LogP contribution in [0.25, 0.3) is 0 Å². The van der Waals surface area contributed by atoms with Crippen molar-refractivity contribution in [1.82, 2.24) is 4.90 Å². The van der Waals surface area contributed by atoms with E-state index in [4.69, 9.17) is 9.84 Å². The predicted octanol–water partition coefficient (Wildman–Crippen LogP) is 0.584. The molecule has 17 heavy (non-hydrogen) atoms. The van der Waals surface area contributed by atoms with Gasteiger partial charge in [0.05, 0.1) is 0 Å². The molecular weight excluding hydrogens is 242 g/mol. The maximum absolute atomic E-state index is 12.1. The highest BCUT2D eigenvalue weighted by Crippen LogP contribution is 2.22. The third kappa shape index (κ3) is 3.13. The average Bonchev–Trinajstić information content (AvgIpc) is 2.65. The normalized spacial score (nSPS) is 30.0. The number of ether oxygens (including phenoxy) is 1. The third-order valence-corrected chi connectivity index (χ3v) is 4.15. The molecule has 2 aliphatic rings. The Morgan fingerprint density at radius 2 is 1.94 bits per heavy atom. The Kier molecular flexibility index (Phi) is 4.28. The first-order valence-corrected chi connectivity index (χ1v) is 7.09. The minimum atomic E-state index is -0.966. The molecule has 5 nitrogen and oxygen atoms in total. The number of rotatable bonds is 2. The summed E-state index contributed by atoms with van der Waals surface area (Å²) in [6.45, 7) is 1.52. The number of thioether (sulfide) groups is 1. The minimum absolute atomic E-state index is 0.0312. The molecule has 1 N–H and O–H groups in total. The molecule has 2 rings (SSSR count). The molecular formula is C11H17NO4S. The SMILES string of the molecule is O=C(O)[C@H]1CC[C@@H](C(=O)N2CCCSCC2)O1. The Balaban J connectivity index is 1.89. The quantitative estimate of drug-likeness (QED) is 0.786. The molecule has 2 atom stereocenters. The molecule has 2 heterocycles. The largest absolute Gasteiger partial charge is 0.479 e. The fourth-order valence-corrected chi connectivity index (χ4v) is 3.06. The van der Waals surface area contributed by atoms with Crippen molar-refractivity contribution < 1.29 is 19.4 Å². The Bertz CT molecular complexity index is 302. The summed E-state index contributed by atoms with van der Waals surface area (Å²) < 4.78 is 5.28. The number of carboxylic acid groups (broad SMARTS) is 1. The topological polar surface area (TPSA) is 66.8 Å². The van der Waals surface area contributed by atoms with Crippen molar-refractivity contribution in [2.75, 3.05) is 24.6 Å². The van der Waals surface area contributed by atoms with E-state index in [2.05, 4.69) is 0 Å². The Hall–Kier alpha value is -0.750. The van der Waals surface area contributed by atoms with Gasteiger partial charge in [0.15, 0.2) is 6.10 Å². The third-order valence-electron chi connectivity index (χ3n) is 3.10. The fourth-order valence-electron chi connectivity index (χ4n) is 2.17. The number of carbonyl (C=O) groups is 2. The molecule has 0 aliphatic carbocycles. The summed E-state index contributed by atoms with van der Waals surface area (Å²) in [6.07, 6.45) is 0.628. The second kappa shape index (κ2) is 5.73. The van der Waals surface area contributed by atoms with E-state index in [-0.39, 0.29) is 5.91 Å². The molecule has 0 radical (unpaired) electrons. The highest BCUT2D eigenvalue weighted by Gasteiger charge is 2.36. The van der Waals surface area contributed by atoms with Gasteiger partial charge in [-0.15, -0.1) is 0 Å². The number of aliphatic carboxylic acids is 1. The number of hydrogen-bond donors (Lipinski definition) is 1. The van der Waals surface area contributed by atoms with E-state index in [1.807, 2.05) is 16.7 Å². The second-order valence-electron chi connectivity index (χ2n) is 4.32. The van der Waals surface area contributed by atoms with Gasteiger partial charge < -0.3 is 14.7 Å². The molecule has 96 valence electrons. The van der Waals surface area contributed by atoms with E-state index in [0.717, 1.165) is 31.0 Å². The number of carboxylic acids is 1. The van der Waals surface area contributed by atoms with Crippen LogP contribution in [-0.4, -0.2) is 58.7 Å². The van der Waals surface area contributed by atoms with Gasteiger partial charge in [-0.3, -0.25) is 4.79 Å². The summed E-state index contributed by atoms with van der Waals surface area (Å²) in [7, 11) is 0. The molecule has 2 aliphatic heterocycles. The van der Waals surface area contributed by atoms with E-state index in [9.17, 15) is 9.59 Å². The summed E-state index contributed by atoms with van der Waals surface area (Å²) in [5.41, 5.74) is 0. The van der Waals surface area contributed by atoms with Crippen molar-refractivity contribution in [3.8, 4) is 0 Å². The van der Waals surface area contributed by atoms with E-state index < -0.39 is 18.2 Å². The Labute approximate surface area is 104 Å². The zero-order chi connectivity index (χ0) is 12.3. The van der Waals surface area contributed by atoms with E-state index in [1.165, 1.54) is 0 Å². The van der Waals surface area contributed by atoms with Gasteiger partial charge in [0, 0.05) is 18.8 Å². The van der Waals surface area contributed by atoms with Gasteiger partial charge in [0.25, 0.3) is 5.91 Å². The van der Waals surface area contributed by atoms with Crippen molar-refractivity contribution in [3.63, 3.8) is 0 Å². The van der Waals surface area contributed by atoms with Gasteiger partial charge in [0.1, 0.15) is 6.10 Å². The van der Waals surface area contributed by atoms with Gasteiger partial charge in [-0.25, -0.2) is 4.79 Å². The van der Waals surface area contributed by atoms with Gasteiger partial charge in [-0.05, 0) is 25.0 Å². The molecule has 0 aromatic heterocycles. The minimum Gasteiger partial charge on any atom is -0.479 e. The Morgan fingerprint density at radius 3 is 2.65 bits per heavy atom. The van der Waals surface area contributed by atoms with Crippen molar-refractivity contribution in [2.45, 2.75) is 31.5 Å². The average molecular weight is 259 g/mol. The first kappa shape index (κ1) is 12.7. The van der Waals surface area contributed by atoms with Crippen LogP contribution in [0.2, 0.25) is 0 Å². The molecule has 6 heteroatoms. The molecule has 0 unspecified atom stereocenters. The van der Waals surface area contributed by atoms with Crippen LogP contribution in [0.15, 0.2) is 0 Å². The van der Waals surface area contributed by atoms with Crippen molar-refractivity contribution in [2.24, 2.45) is 0 Å². The first-order chi connectivity index (χ1) is 8.18. The molecule has 0 saturated carbocycles. The molecule has 0 bridgehead atoms. The molecule has 0 spiro atoms. The molecule has 0 aromatic carbocycles. The van der Waals surface area contributed by atoms with Gasteiger partial charge in [0.2, 0.25) is 0 Å². The summed E-state index contributed by atoms with van der Waals surface area (Å²) in [4.78, 5) is 24.7. The van der Waals surface area contributed by atoms with Gasteiger partial charge in [-0.2, -0.15) is 11.8 Å². The summed E-state index contributed by atoms with van der Waals surface area (Å²) >= 11 is 1.86. The zero-order valence-corrected chi connectivity index (χ0v) is 10.4.